The molecule has 2 heteroatoms. The van der Waals surface area contributed by atoms with Crippen LogP contribution in [0.25, 0.3) is 0 Å². The summed E-state index contributed by atoms with van der Waals surface area (Å²) in [4.78, 5) is 0. The van der Waals surface area contributed by atoms with Gasteiger partial charge in [-0.25, -0.2) is 0 Å². The molecule has 0 atom stereocenters. The molecule has 0 fully saturated rings. The number of hydrogen-bond acceptors (Lipinski definition) is 0. The van der Waals surface area contributed by atoms with Crippen molar-refractivity contribution in [3.8, 4) is 0 Å². The molecule has 32 valence electrons. The van der Waals surface area contributed by atoms with Crippen LogP contribution in [0.4, 0.5) is 0 Å². The van der Waals surface area contributed by atoms with E-state index in [9.17, 15) is 0 Å². The molecule has 0 N–H and O–H groups in total. The minimum absolute atomic E-state index is 0.611. The van der Waals surface area contributed by atoms with Crippen LogP contribution in [0.15, 0.2) is 0 Å². The molecule has 0 nitrogen and oxygen atoms in total. The molecular weight excluding hydrogens is 77.8 g/mol. The third-order valence-electron chi connectivity index (χ3n) is 0. The van der Waals surface area contributed by atoms with Gasteiger partial charge in [-0.2, -0.15) is 0 Å². The van der Waals surface area contributed by atoms with Gasteiger partial charge in [0.25, 0.3) is 0 Å². The first-order chi connectivity index (χ1) is 2.00. The van der Waals surface area contributed by atoms with Gasteiger partial charge in [0.2, 0.25) is 0 Å². The average molecular weight is 89.9 g/mol. The molecule has 0 heterocycles. The van der Waals surface area contributed by atoms with Crippen molar-refractivity contribution in [2.75, 3.05) is 20.0 Å². The monoisotopic (exact) mass is 90.1 g/mol. The van der Waals surface area contributed by atoms with E-state index in [1.807, 2.05) is 0 Å². The predicted octanol–water partition coefficient (Wildman–Crippen LogP) is 0.174. The maximum atomic E-state index is 2.33. The molecule has 0 aliphatic heterocycles. The van der Waals surface area contributed by atoms with Crippen molar-refractivity contribution >= 4 is 14.7 Å². The van der Waals surface area contributed by atoms with E-state index in [0.717, 1.165) is 0 Å². The molecule has 0 aromatic rings. The van der Waals surface area contributed by atoms with E-state index in [4.69, 9.17) is 0 Å². The molecular formula is C3H12BP. The Morgan fingerprint density at radius 2 is 1.20 bits per heavy atom. The van der Waals surface area contributed by atoms with E-state index in [-0.39, 0.29) is 0 Å². The molecule has 0 radical (unpaired) electrons. The fraction of sp³-hybridized carbons (Fsp3) is 1.00. The Morgan fingerprint density at radius 1 is 1.20 bits per heavy atom. The van der Waals surface area contributed by atoms with E-state index in [2.05, 4.69) is 27.6 Å². The van der Waals surface area contributed by atoms with Crippen LogP contribution in [-0.2, 0) is 0 Å². The predicted molar refractivity (Wildman–Crippen MR) is 34.6 cm³/mol. The zero-order valence-electron chi connectivity index (χ0n) is 4.50. The van der Waals surface area contributed by atoms with Gasteiger partial charge in [0, 0.05) is 0 Å². The SMILES string of the molecule is B[PH](C)(C)C. The summed E-state index contributed by atoms with van der Waals surface area (Å²) in [5, 5.41) is 0. The molecule has 0 aromatic heterocycles. The van der Waals surface area contributed by atoms with E-state index in [1.54, 1.807) is 0 Å². The van der Waals surface area contributed by atoms with Crippen molar-refractivity contribution in [2.45, 2.75) is 0 Å². The van der Waals surface area contributed by atoms with Crippen molar-refractivity contribution in [2.24, 2.45) is 0 Å². The zero-order valence-corrected chi connectivity index (χ0v) is 5.50. The normalized spacial score (nSPS) is 15.0. The molecule has 0 bridgehead atoms. The zero-order chi connectivity index (χ0) is 4.50. The first-order valence-corrected chi connectivity index (χ1v) is 6.00. The summed E-state index contributed by atoms with van der Waals surface area (Å²) in [6.07, 6.45) is 0. The second-order valence-corrected chi connectivity index (χ2v) is 9.00. The minimum atomic E-state index is -0.611. The van der Waals surface area contributed by atoms with Crippen molar-refractivity contribution < 1.29 is 0 Å². The van der Waals surface area contributed by atoms with Gasteiger partial charge in [-0.05, 0) is 0 Å². The molecule has 0 saturated heterocycles. The fourth-order valence-corrected chi connectivity index (χ4v) is 0. The van der Waals surface area contributed by atoms with Gasteiger partial charge in [-0.3, -0.25) is 0 Å². The molecule has 0 amide bonds. The van der Waals surface area contributed by atoms with Gasteiger partial charge in [-0.1, -0.05) is 0 Å². The Morgan fingerprint density at radius 3 is 1.20 bits per heavy atom. The molecule has 5 heavy (non-hydrogen) atoms. The summed E-state index contributed by atoms with van der Waals surface area (Å²) in [5.74, 6) is 0. The van der Waals surface area contributed by atoms with E-state index in [0.29, 0.717) is 0 Å². The third-order valence-corrected chi connectivity index (χ3v) is 0. The summed E-state index contributed by atoms with van der Waals surface area (Å²) in [5.41, 5.74) is 0. The van der Waals surface area contributed by atoms with Gasteiger partial charge < -0.3 is 0 Å². The summed E-state index contributed by atoms with van der Waals surface area (Å²) in [7, 11) is 1.72. The van der Waals surface area contributed by atoms with Crippen molar-refractivity contribution in [1.82, 2.24) is 0 Å². The Balaban J connectivity index is 3.02. The Kier molecular flexibility index (Phi) is 1.43. The second-order valence-electron chi connectivity index (χ2n) is 3.00. The molecule has 0 aromatic carbocycles. The van der Waals surface area contributed by atoms with Crippen LogP contribution in [0.1, 0.15) is 0 Å². The molecule has 0 saturated carbocycles. The Bertz CT molecular complexity index is 22.4. The second kappa shape index (κ2) is 1.30. The van der Waals surface area contributed by atoms with Gasteiger partial charge in [-0.15, -0.1) is 0 Å². The Labute approximate surface area is 35.7 Å². The maximum absolute atomic E-state index is 2.33. The van der Waals surface area contributed by atoms with Gasteiger partial charge >= 0.3 is 34.7 Å². The van der Waals surface area contributed by atoms with Crippen LogP contribution >= 0.6 is 7.14 Å². The van der Waals surface area contributed by atoms with E-state index in [1.165, 1.54) is 0 Å². The molecule has 0 aliphatic carbocycles. The third kappa shape index (κ3) is 114. The topological polar surface area (TPSA) is 0 Å². The molecule has 0 unspecified atom stereocenters. The van der Waals surface area contributed by atoms with Crippen LogP contribution in [0, 0.1) is 0 Å². The first kappa shape index (κ1) is 5.49. The molecule has 0 aliphatic rings. The average Bonchev–Trinajstić information content (AvgIpc) is 0.722. The van der Waals surface area contributed by atoms with Crippen LogP contribution in [-0.4, -0.2) is 27.6 Å². The summed E-state index contributed by atoms with van der Waals surface area (Å²) >= 11 is 0. The summed E-state index contributed by atoms with van der Waals surface area (Å²) in [6, 6.07) is 0. The fourth-order valence-electron chi connectivity index (χ4n) is 0. The van der Waals surface area contributed by atoms with Gasteiger partial charge in [0.05, 0.1) is 0 Å². The van der Waals surface area contributed by atoms with Crippen LogP contribution in [0.2, 0.25) is 0 Å². The van der Waals surface area contributed by atoms with E-state index >= 15 is 0 Å². The van der Waals surface area contributed by atoms with Crippen molar-refractivity contribution in [1.29, 1.82) is 0 Å². The standard InChI is InChI=1S/C3H12BP/c1-5(2,3)4/h5H,4H2,1-3H3. The summed E-state index contributed by atoms with van der Waals surface area (Å²) < 4.78 is 0. The van der Waals surface area contributed by atoms with Crippen LogP contribution in [0.3, 0.4) is 0 Å². The van der Waals surface area contributed by atoms with Gasteiger partial charge in [0.1, 0.15) is 0 Å². The van der Waals surface area contributed by atoms with Crippen LogP contribution in [0.5, 0.6) is 0 Å². The molecule has 0 spiro atoms. The summed E-state index contributed by atoms with van der Waals surface area (Å²) in [6.45, 7) is 6.98. The number of rotatable bonds is 0. The van der Waals surface area contributed by atoms with Crippen LogP contribution < -0.4 is 0 Å². The first-order valence-electron chi connectivity index (χ1n) is 2.00. The van der Waals surface area contributed by atoms with E-state index < -0.39 is 7.14 Å². The van der Waals surface area contributed by atoms with Crippen molar-refractivity contribution in [3.63, 3.8) is 0 Å². The quantitative estimate of drug-likeness (QED) is 0.294. The Hall–Kier alpha value is 0.495. The number of hydrogen-bond donors (Lipinski definition) is 0. The van der Waals surface area contributed by atoms with Crippen molar-refractivity contribution in [3.05, 3.63) is 0 Å². The molecule has 0 rings (SSSR count). The van der Waals surface area contributed by atoms with Gasteiger partial charge in [0.15, 0.2) is 0 Å².